The Labute approximate surface area is 153 Å². The molecule has 0 saturated heterocycles. The third-order valence-corrected chi connectivity index (χ3v) is 4.58. The highest BCUT2D eigenvalue weighted by Crippen LogP contribution is 2.14. The number of hydrogen-bond acceptors (Lipinski definition) is 3. The molecule has 132 valence electrons. The van der Waals surface area contributed by atoms with Crippen molar-refractivity contribution in [3.63, 3.8) is 0 Å². The minimum absolute atomic E-state index is 0. The summed E-state index contributed by atoms with van der Waals surface area (Å²) >= 11 is 1.90. The summed E-state index contributed by atoms with van der Waals surface area (Å²) in [6.07, 6.45) is 6.55. The average Bonchev–Trinajstić information content (AvgIpc) is 2.86. The summed E-state index contributed by atoms with van der Waals surface area (Å²) in [5.74, 6) is 0. The Hall–Kier alpha value is 0.200. The first-order chi connectivity index (χ1) is 9.76. The van der Waals surface area contributed by atoms with Gasteiger partial charge in [0.05, 0.1) is 0 Å². The zero-order valence-corrected chi connectivity index (χ0v) is 16.8. The van der Waals surface area contributed by atoms with Crippen molar-refractivity contribution in [3.8, 4) is 0 Å². The highest BCUT2D eigenvalue weighted by atomic mass is 35.5. The maximum Gasteiger partial charge on any atom is 0.0299 e. The molecule has 0 atom stereocenters. The van der Waals surface area contributed by atoms with Crippen molar-refractivity contribution in [3.05, 3.63) is 21.9 Å². The Morgan fingerprint density at radius 2 is 1.55 bits per heavy atom. The smallest absolute Gasteiger partial charge is 0.0299 e. The predicted molar refractivity (Wildman–Crippen MR) is 106 cm³/mol. The molecule has 1 heterocycles. The number of nitrogens with zero attached hydrogens (tertiary/aromatic N) is 1. The lowest BCUT2D eigenvalue weighted by atomic mass is 10.2. The van der Waals surface area contributed by atoms with Gasteiger partial charge < -0.3 is 10.2 Å². The summed E-state index contributed by atoms with van der Waals surface area (Å²) in [5.41, 5.74) is 0. The number of aryl methyl sites for hydroxylation is 1. The van der Waals surface area contributed by atoms with Crippen molar-refractivity contribution in [2.24, 2.45) is 0 Å². The molecule has 22 heavy (non-hydrogen) atoms. The van der Waals surface area contributed by atoms with Crippen molar-refractivity contribution < 1.29 is 0 Å². The summed E-state index contributed by atoms with van der Waals surface area (Å²) in [5, 5.41) is 3.57. The molecule has 0 fully saturated rings. The minimum Gasteiger partial charge on any atom is -0.312 e. The molecule has 1 aromatic heterocycles. The van der Waals surface area contributed by atoms with E-state index in [-0.39, 0.29) is 24.8 Å². The number of halogens is 2. The zero-order chi connectivity index (χ0) is 14.6. The molecule has 0 aliphatic heterocycles. The van der Waals surface area contributed by atoms with Crippen LogP contribution in [0.1, 0.15) is 55.7 Å². The lowest BCUT2D eigenvalue weighted by Crippen LogP contribution is -2.29. The summed E-state index contributed by atoms with van der Waals surface area (Å²) < 4.78 is 0. The lowest BCUT2D eigenvalue weighted by molar-refractivity contribution is 0.261. The number of hydrogen-bond donors (Lipinski definition) is 1. The van der Waals surface area contributed by atoms with Crippen LogP contribution in [0.3, 0.4) is 0 Å². The van der Waals surface area contributed by atoms with E-state index in [4.69, 9.17) is 0 Å². The van der Waals surface area contributed by atoms with Gasteiger partial charge in [-0.15, -0.1) is 36.2 Å². The molecule has 1 rings (SSSR count). The van der Waals surface area contributed by atoms with E-state index in [0.29, 0.717) is 0 Å². The predicted octanol–water partition coefficient (Wildman–Crippen LogP) is 5.28. The molecule has 0 saturated carbocycles. The van der Waals surface area contributed by atoms with Crippen molar-refractivity contribution in [2.75, 3.05) is 26.2 Å². The third kappa shape index (κ3) is 11.7. The molecule has 1 N–H and O–H groups in total. The van der Waals surface area contributed by atoms with Crippen LogP contribution in [0.25, 0.3) is 0 Å². The number of thiophene rings is 1. The second kappa shape index (κ2) is 16.1. The Morgan fingerprint density at radius 1 is 0.955 bits per heavy atom. The molecule has 0 amide bonds. The third-order valence-electron chi connectivity index (χ3n) is 3.58. The van der Waals surface area contributed by atoms with Gasteiger partial charge in [-0.3, -0.25) is 0 Å². The van der Waals surface area contributed by atoms with E-state index in [1.807, 2.05) is 11.3 Å². The average molecular weight is 369 g/mol. The van der Waals surface area contributed by atoms with Crippen molar-refractivity contribution >= 4 is 36.2 Å². The van der Waals surface area contributed by atoms with E-state index in [1.165, 1.54) is 61.5 Å². The number of unbranched alkanes of at least 4 members (excludes halogenated alkanes) is 2. The van der Waals surface area contributed by atoms with Gasteiger partial charge in [-0.1, -0.05) is 26.7 Å². The fraction of sp³-hybridized carbons (Fsp3) is 0.765. The Morgan fingerprint density at radius 3 is 2.05 bits per heavy atom. The quantitative estimate of drug-likeness (QED) is 0.504. The fourth-order valence-corrected chi connectivity index (χ4v) is 3.18. The van der Waals surface area contributed by atoms with Gasteiger partial charge in [0.2, 0.25) is 0 Å². The maximum atomic E-state index is 3.57. The van der Waals surface area contributed by atoms with Crippen LogP contribution >= 0.6 is 36.2 Å². The molecular formula is C17H34Cl2N2S. The molecule has 0 radical (unpaired) electrons. The molecule has 0 bridgehead atoms. The van der Waals surface area contributed by atoms with E-state index in [9.17, 15) is 0 Å². The second-order valence-corrected chi connectivity index (χ2v) is 6.96. The van der Waals surface area contributed by atoms with Crippen LogP contribution < -0.4 is 5.32 Å². The van der Waals surface area contributed by atoms with Gasteiger partial charge in [0.1, 0.15) is 0 Å². The maximum absolute atomic E-state index is 3.57. The largest absolute Gasteiger partial charge is 0.312 e. The van der Waals surface area contributed by atoms with Crippen LogP contribution in [0.4, 0.5) is 0 Å². The normalized spacial score (nSPS) is 10.4. The van der Waals surface area contributed by atoms with Gasteiger partial charge in [-0.2, -0.15) is 0 Å². The van der Waals surface area contributed by atoms with Crippen LogP contribution in [-0.4, -0.2) is 31.1 Å². The van der Waals surface area contributed by atoms with E-state index in [1.54, 1.807) is 0 Å². The summed E-state index contributed by atoms with van der Waals surface area (Å²) in [6.45, 7) is 12.7. The molecule has 1 aromatic rings. The Kier molecular flexibility index (Phi) is 17.9. The number of nitrogens with one attached hydrogen (secondary N) is 1. The van der Waals surface area contributed by atoms with Gasteiger partial charge in [-0.05, 0) is 64.5 Å². The molecule has 5 heteroatoms. The lowest BCUT2D eigenvalue weighted by Gasteiger charge is -2.21. The monoisotopic (exact) mass is 368 g/mol. The molecular weight excluding hydrogens is 335 g/mol. The molecule has 0 aliphatic carbocycles. The van der Waals surface area contributed by atoms with E-state index in [0.717, 1.165) is 13.1 Å². The first-order valence-electron chi connectivity index (χ1n) is 8.24. The topological polar surface area (TPSA) is 15.3 Å². The Bertz CT molecular complexity index is 337. The molecule has 0 aromatic carbocycles. The van der Waals surface area contributed by atoms with Gasteiger partial charge in [-0.25, -0.2) is 0 Å². The van der Waals surface area contributed by atoms with E-state index in [2.05, 4.69) is 43.1 Å². The van der Waals surface area contributed by atoms with E-state index >= 15 is 0 Å². The van der Waals surface area contributed by atoms with Crippen LogP contribution in [-0.2, 0) is 6.54 Å². The van der Waals surface area contributed by atoms with Crippen LogP contribution in [0, 0.1) is 6.92 Å². The first-order valence-corrected chi connectivity index (χ1v) is 9.06. The molecule has 0 unspecified atom stereocenters. The van der Waals surface area contributed by atoms with Gasteiger partial charge >= 0.3 is 0 Å². The van der Waals surface area contributed by atoms with Crippen LogP contribution in [0.15, 0.2) is 12.1 Å². The van der Waals surface area contributed by atoms with Gasteiger partial charge in [0, 0.05) is 16.3 Å². The molecule has 2 nitrogen and oxygen atoms in total. The Balaban J connectivity index is 0. The van der Waals surface area contributed by atoms with Crippen molar-refractivity contribution in [1.29, 1.82) is 0 Å². The second-order valence-electron chi connectivity index (χ2n) is 5.59. The van der Waals surface area contributed by atoms with Gasteiger partial charge in [0.15, 0.2) is 0 Å². The van der Waals surface area contributed by atoms with Gasteiger partial charge in [0.25, 0.3) is 0 Å². The zero-order valence-electron chi connectivity index (χ0n) is 14.4. The van der Waals surface area contributed by atoms with Crippen molar-refractivity contribution in [2.45, 2.75) is 59.4 Å². The van der Waals surface area contributed by atoms with E-state index < -0.39 is 0 Å². The highest BCUT2D eigenvalue weighted by molar-refractivity contribution is 7.11. The van der Waals surface area contributed by atoms with Crippen molar-refractivity contribution in [1.82, 2.24) is 10.2 Å². The fourth-order valence-electron chi connectivity index (χ4n) is 2.32. The molecule has 0 spiro atoms. The first kappa shape index (κ1) is 24.5. The number of rotatable bonds is 12. The van der Waals surface area contributed by atoms with Crippen LogP contribution in [0.5, 0.6) is 0 Å². The molecule has 0 aliphatic rings. The SMILES string of the molecule is CCCCN(CCCC)CCCNCc1ccc(C)s1.Cl.Cl. The summed E-state index contributed by atoms with van der Waals surface area (Å²) in [7, 11) is 0. The highest BCUT2D eigenvalue weighted by Gasteiger charge is 2.03. The summed E-state index contributed by atoms with van der Waals surface area (Å²) in [6, 6.07) is 4.45. The minimum atomic E-state index is 0. The standard InChI is InChI=1S/C17H32N2S.2ClH/c1-4-6-12-19(13-7-5-2)14-8-11-18-15-17-10-9-16(3)20-17;;/h9-10,18H,4-8,11-15H2,1-3H3;2*1H. The van der Waals surface area contributed by atoms with Crippen LogP contribution in [0.2, 0.25) is 0 Å². The summed E-state index contributed by atoms with van der Waals surface area (Å²) in [4.78, 5) is 5.51.